The molecule has 3 aromatic rings. The summed E-state index contributed by atoms with van der Waals surface area (Å²) >= 11 is 0. The predicted molar refractivity (Wildman–Crippen MR) is 120 cm³/mol. The van der Waals surface area contributed by atoms with Crippen molar-refractivity contribution in [3.05, 3.63) is 90.0 Å². The number of nitrogens with zero attached hydrogens (tertiary/aromatic N) is 2. The van der Waals surface area contributed by atoms with Crippen LogP contribution < -0.4 is 5.01 Å². The van der Waals surface area contributed by atoms with Crippen LogP contribution in [0.1, 0.15) is 25.0 Å². The molecule has 0 spiro atoms. The molecule has 0 saturated carbocycles. The maximum atomic E-state index is 14.0. The number of anilines is 2. The van der Waals surface area contributed by atoms with Crippen molar-refractivity contribution in [2.45, 2.75) is 32.6 Å². The zero-order valence-corrected chi connectivity index (χ0v) is 18.8. The number of quaternary nitrogens is 1. The van der Waals surface area contributed by atoms with Crippen LogP contribution in [0.3, 0.4) is 0 Å². The maximum Gasteiger partial charge on any atom is 0.364 e. The summed E-state index contributed by atoms with van der Waals surface area (Å²) in [5, 5.41) is 1.28. The number of rotatable bonds is 5. The average molecular weight is 438 g/mol. The standard InChI is InChI=1S/C24H25N2O4S/c1-18-10-14-23(15-11-18)25(22-8-6-5-7-9-22)26(20(3)27,21(4)28)31(29,30)24-16-12-19(2)13-17-24/h5-17H,1-4H3/q+1. The zero-order chi connectivity index (χ0) is 22.8. The molecule has 0 aromatic heterocycles. The minimum atomic E-state index is -4.52. The molecule has 3 aromatic carbocycles. The van der Waals surface area contributed by atoms with Gasteiger partial charge in [-0.2, -0.15) is 13.4 Å². The Morgan fingerprint density at radius 2 is 1.10 bits per heavy atom. The lowest BCUT2D eigenvalue weighted by atomic mass is 10.2. The summed E-state index contributed by atoms with van der Waals surface area (Å²) < 4.78 is 26.5. The number of hydrogen-bond acceptors (Lipinski definition) is 5. The first kappa shape index (κ1) is 22.4. The van der Waals surface area contributed by atoms with Gasteiger partial charge in [0.2, 0.25) is 0 Å². The van der Waals surface area contributed by atoms with E-state index in [1.165, 1.54) is 17.1 Å². The van der Waals surface area contributed by atoms with Gasteiger partial charge in [0.1, 0.15) is 4.90 Å². The maximum absolute atomic E-state index is 14.0. The number of amides is 2. The molecule has 160 valence electrons. The first-order valence-corrected chi connectivity index (χ1v) is 11.2. The second-order valence-electron chi connectivity index (χ2n) is 7.39. The molecule has 0 heterocycles. The Labute approximate surface area is 183 Å². The number of para-hydroxylation sites is 1. The van der Waals surface area contributed by atoms with Gasteiger partial charge < -0.3 is 0 Å². The largest absolute Gasteiger partial charge is 0.364 e. The van der Waals surface area contributed by atoms with Gasteiger partial charge in [-0.1, -0.05) is 53.6 Å². The van der Waals surface area contributed by atoms with Crippen molar-refractivity contribution in [1.29, 1.82) is 0 Å². The summed E-state index contributed by atoms with van der Waals surface area (Å²) in [4.78, 5) is 26.2. The normalized spacial score (nSPS) is 11.7. The number of imide groups is 1. The minimum absolute atomic E-state index is 0.114. The topological polar surface area (TPSA) is 71.5 Å². The summed E-state index contributed by atoms with van der Waals surface area (Å²) in [6, 6.07) is 21.7. The molecule has 0 aliphatic rings. The lowest BCUT2D eigenvalue weighted by Gasteiger charge is -2.39. The molecule has 0 N–H and O–H groups in total. The van der Waals surface area contributed by atoms with Gasteiger partial charge in [0.05, 0.1) is 25.2 Å². The van der Waals surface area contributed by atoms with E-state index in [0.717, 1.165) is 25.0 Å². The molecule has 6 nitrogen and oxygen atoms in total. The van der Waals surface area contributed by atoms with Crippen LogP contribution in [0.2, 0.25) is 0 Å². The molecule has 0 fully saturated rings. The minimum Gasteiger partial charge on any atom is -0.227 e. The van der Waals surface area contributed by atoms with E-state index < -0.39 is 25.8 Å². The predicted octanol–water partition coefficient (Wildman–Crippen LogP) is 4.66. The molecular formula is C24H25N2O4S+. The zero-order valence-electron chi connectivity index (χ0n) is 17.9. The van der Waals surface area contributed by atoms with Crippen molar-refractivity contribution in [2.24, 2.45) is 0 Å². The molecule has 2 amide bonds. The van der Waals surface area contributed by atoms with Crippen LogP contribution >= 0.6 is 0 Å². The Morgan fingerprint density at radius 1 is 0.677 bits per heavy atom. The second kappa shape index (κ2) is 8.45. The van der Waals surface area contributed by atoms with Crippen LogP contribution in [-0.2, 0) is 19.6 Å². The molecule has 7 heteroatoms. The van der Waals surface area contributed by atoms with Gasteiger partial charge >= 0.3 is 21.8 Å². The molecule has 0 saturated heterocycles. The molecule has 0 atom stereocenters. The van der Waals surface area contributed by atoms with Gasteiger partial charge in [-0.05, 0) is 50.2 Å². The fraction of sp³-hybridized carbons (Fsp3) is 0.167. The monoisotopic (exact) mass is 437 g/mol. The van der Waals surface area contributed by atoms with Crippen LogP contribution in [0.15, 0.2) is 83.8 Å². The number of sulfonamides is 1. The molecule has 0 radical (unpaired) electrons. The van der Waals surface area contributed by atoms with E-state index in [-0.39, 0.29) is 4.90 Å². The van der Waals surface area contributed by atoms with Crippen molar-refractivity contribution in [3.8, 4) is 0 Å². The van der Waals surface area contributed by atoms with Gasteiger partial charge in [0, 0.05) is 4.00 Å². The van der Waals surface area contributed by atoms with E-state index in [1.54, 1.807) is 66.7 Å². The van der Waals surface area contributed by atoms with E-state index in [4.69, 9.17) is 0 Å². The Hall–Kier alpha value is -3.29. The molecular weight excluding hydrogens is 412 g/mol. The first-order chi connectivity index (χ1) is 14.6. The Balaban J connectivity index is 2.43. The third-order valence-electron chi connectivity index (χ3n) is 5.08. The summed E-state index contributed by atoms with van der Waals surface area (Å²) in [7, 11) is -4.52. The highest BCUT2D eigenvalue weighted by Crippen LogP contribution is 2.38. The highest BCUT2D eigenvalue weighted by atomic mass is 32.2. The van der Waals surface area contributed by atoms with Crippen LogP contribution in [0.25, 0.3) is 0 Å². The lowest BCUT2D eigenvalue weighted by molar-refractivity contribution is -0.651. The molecule has 0 aliphatic carbocycles. The fourth-order valence-electron chi connectivity index (χ4n) is 3.54. The number of carbonyl (C=O) groups is 2. The van der Waals surface area contributed by atoms with Crippen molar-refractivity contribution >= 4 is 33.2 Å². The van der Waals surface area contributed by atoms with E-state index in [2.05, 4.69) is 0 Å². The number of hydrogen-bond donors (Lipinski definition) is 0. The Morgan fingerprint density at radius 3 is 1.55 bits per heavy atom. The molecule has 0 unspecified atom stereocenters. The van der Waals surface area contributed by atoms with Crippen LogP contribution in [0.5, 0.6) is 0 Å². The van der Waals surface area contributed by atoms with E-state index in [9.17, 15) is 18.0 Å². The van der Waals surface area contributed by atoms with Crippen molar-refractivity contribution in [1.82, 2.24) is 0 Å². The Kier molecular flexibility index (Phi) is 6.10. The number of carbonyl (C=O) groups excluding carboxylic acids is 2. The second-order valence-corrected chi connectivity index (χ2v) is 9.34. The lowest BCUT2D eigenvalue weighted by Crippen LogP contribution is -2.67. The highest BCUT2D eigenvalue weighted by molar-refractivity contribution is 7.86. The molecule has 0 bridgehead atoms. The van der Waals surface area contributed by atoms with E-state index in [0.29, 0.717) is 11.4 Å². The van der Waals surface area contributed by atoms with Crippen molar-refractivity contribution in [2.75, 3.05) is 5.01 Å². The first-order valence-electron chi connectivity index (χ1n) is 9.78. The van der Waals surface area contributed by atoms with Crippen molar-refractivity contribution < 1.29 is 22.0 Å². The van der Waals surface area contributed by atoms with Crippen LogP contribution in [-0.4, -0.2) is 24.2 Å². The number of benzene rings is 3. The van der Waals surface area contributed by atoms with Gasteiger partial charge in [-0.15, -0.1) is 0 Å². The SMILES string of the molecule is CC(=O)[N+](C(C)=O)(N(c1ccccc1)c1ccc(C)cc1)S(=O)(=O)c1ccc(C)cc1. The van der Waals surface area contributed by atoms with Gasteiger partial charge in [-0.3, -0.25) is 0 Å². The molecule has 3 rings (SSSR count). The average Bonchev–Trinajstić information content (AvgIpc) is 2.73. The quantitative estimate of drug-likeness (QED) is 0.429. The van der Waals surface area contributed by atoms with Crippen LogP contribution in [0, 0.1) is 13.8 Å². The summed E-state index contributed by atoms with van der Waals surface area (Å²) in [5.41, 5.74) is 2.62. The van der Waals surface area contributed by atoms with E-state index in [1.807, 2.05) is 13.8 Å². The van der Waals surface area contributed by atoms with Gasteiger partial charge in [0.25, 0.3) is 0 Å². The third kappa shape index (κ3) is 3.78. The highest BCUT2D eigenvalue weighted by Gasteiger charge is 2.59. The van der Waals surface area contributed by atoms with Gasteiger partial charge in [0.15, 0.2) is 0 Å². The van der Waals surface area contributed by atoms with Crippen molar-refractivity contribution in [3.63, 3.8) is 0 Å². The fourth-order valence-corrected chi connectivity index (χ4v) is 5.41. The molecule has 31 heavy (non-hydrogen) atoms. The van der Waals surface area contributed by atoms with E-state index >= 15 is 0 Å². The third-order valence-corrected chi connectivity index (χ3v) is 7.32. The summed E-state index contributed by atoms with van der Waals surface area (Å²) in [6.45, 7) is 5.98. The van der Waals surface area contributed by atoms with Gasteiger partial charge in [-0.25, -0.2) is 9.59 Å². The summed E-state index contributed by atoms with van der Waals surface area (Å²) in [6.07, 6.45) is 0. The van der Waals surface area contributed by atoms with Crippen LogP contribution in [0.4, 0.5) is 11.4 Å². The Bertz CT molecular complexity index is 1190. The number of aryl methyl sites for hydroxylation is 2. The smallest absolute Gasteiger partial charge is 0.227 e. The summed E-state index contributed by atoms with van der Waals surface area (Å²) in [5.74, 6) is -1.67. The molecule has 0 aliphatic heterocycles.